The first-order chi connectivity index (χ1) is 9.10. The van der Waals surface area contributed by atoms with Crippen molar-refractivity contribution in [2.75, 3.05) is 19.0 Å². The smallest absolute Gasteiger partial charge is 0.340 e. The zero-order chi connectivity index (χ0) is 13.8. The number of nitrogens with one attached hydrogen (secondary N) is 1. The number of carbonyl (C=O) groups is 1. The Morgan fingerprint density at radius 3 is 2.95 bits per heavy atom. The van der Waals surface area contributed by atoms with Crippen molar-refractivity contribution < 1.29 is 18.7 Å². The van der Waals surface area contributed by atoms with Gasteiger partial charge in [-0.25, -0.2) is 9.18 Å². The van der Waals surface area contributed by atoms with Crippen molar-refractivity contribution in [2.45, 2.75) is 32.0 Å². The number of rotatable bonds is 4. The molecule has 0 saturated carbocycles. The van der Waals surface area contributed by atoms with Gasteiger partial charge in [-0.05, 0) is 38.0 Å². The quantitative estimate of drug-likeness (QED) is 0.852. The molecule has 1 N–H and O–H groups in total. The molecule has 2 unspecified atom stereocenters. The maximum absolute atomic E-state index is 13.4. The number of methoxy groups -OCH3 is 1. The number of benzene rings is 1. The Balaban J connectivity index is 1.99. The minimum Gasteiger partial charge on any atom is -0.465 e. The third kappa shape index (κ3) is 3.44. The van der Waals surface area contributed by atoms with Gasteiger partial charge in [-0.2, -0.15) is 0 Å². The average molecular weight is 267 g/mol. The van der Waals surface area contributed by atoms with Crippen LogP contribution < -0.4 is 5.32 Å². The Morgan fingerprint density at radius 1 is 1.53 bits per heavy atom. The lowest BCUT2D eigenvalue weighted by atomic mass is 10.1. The molecule has 2 rings (SSSR count). The molecule has 0 spiro atoms. The molecule has 1 fully saturated rings. The van der Waals surface area contributed by atoms with Gasteiger partial charge in [0.2, 0.25) is 0 Å². The molecule has 0 bridgehead atoms. The van der Waals surface area contributed by atoms with Gasteiger partial charge >= 0.3 is 5.97 Å². The molecular weight excluding hydrogens is 249 g/mol. The zero-order valence-electron chi connectivity index (χ0n) is 11.1. The van der Waals surface area contributed by atoms with Crippen LogP contribution in [0.4, 0.5) is 10.1 Å². The predicted octanol–water partition coefficient (Wildman–Crippen LogP) is 2.59. The number of halogens is 1. The van der Waals surface area contributed by atoms with Crippen LogP contribution >= 0.6 is 0 Å². The number of ether oxygens (including phenoxy) is 2. The molecule has 1 saturated heterocycles. The summed E-state index contributed by atoms with van der Waals surface area (Å²) in [7, 11) is 1.23. The molecule has 0 amide bonds. The van der Waals surface area contributed by atoms with Crippen molar-refractivity contribution in [2.24, 2.45) is 0 Å². The Bertz CT molecular complexity index is 464. The summed E-state index contributed by atoms with van der Waals surface area (Å²) in [6.07, 6.45) is 2.54. The van der Waals surface area contributed by atoms with Gasteiger partial charge < -0.3 is 14.8 Å². The molecule has 1 aromatic rings. The van der Waals surface area contributed by atoms with Crippen LogP contribution in [0.2, 0.25) is 0 Å². The van der Waals surface area contributed by atoms with Crippen LogP contribution in [0.3, 0.4) is 0 Å². The molecular formula is C14H18FNO3. The van der Waals surface area contributed by atoms with Gasteiger partial charge in [0, 0.05) is 12.2 Å². The third-order valence-corrected chi connectivity index (χ3v) is 3.23. The monoisotopic (exact) mass is 267 g/mol. The summed E-state index contributed by atoms with van der Waals surface area (Å²) in [6.45, 7) is 2.70. The lowest BCUT2D eigenvalue weighted by Crippen LogP contribution is -2.20. The summed E-state index contributed by atoms with van der Waals surface area (Å²) in [4.78, 5) is 11.4. The van der Waals surface area contributed by atoms with Crippen molar-refractivity contribution in [3.05, 3.63) is 29.6 Å². The maximum Gasteiger partial charge on any atom is 0.340 e. The number of esters is 1. The molecule has 1 aromatic carbocycles. The van der Waals surface area contributed by atoms with Crippen molar-refractivity contribution in [1.82, 2.24) is 0 Å². The molecule has 0 radical (unpaired) electrons. The molecule has 104 valence electrons. The minimum absolute atomic E-state index is 0.0618. The van der Waals surface area contributed by atoms with E-state index in [1.54, 1.807) is 6.07 Å². The Hall–Kier alpha value is -1.62. The van der Waals surface area contributed by atoms with Crippen LogP contribution in [0, 0.1) is 5.82 Å². The largest absolute Gasteiger partial charge is 0.465 e. The number of carbonyl (C=O) groups excluding carboxylic acids is 1. The summed E-state index contributed by atoms with van der Waals surface area (Å²) >= 11 is 0. The van der Waals surface area contributed by atoms with Gasteiger partial charge in [-0.3, -0.25) is 0 Å². The second-order valence-electron chi connectivity index (χ2n) is 4.71. The summed E-state index contributed by atoms with van der Waals surface area (Å²) < 4.78 is 23.7. The first-order valence-electron chi connectivity index (χ1n) is 6.37. The van der Waals surface area contributed by atoms with Crippen LogP contribution in [0.15, 0.2) is 18.2 Å². The topological polar surface area (TPSA) is 47.6 Å². The van der Waals surface area contributed by atoms with Crippen LogP contribution in [-0.4, -0.2) is 31.8 Å². The van der Waals surface area contributed by atoms with Gasteiger partial charge in [-0.15, -0.1) is 0 Å². The highest BCUT2D eigenvalue weighted by Gasteiger charge is 2.21. The predicted molar refractivity (Wildman–Crippen MR) is 69.8 cm³/mol. The maximum atomic E-state index is 13.4. The summed E-state index contributed by atoms with van der Waals surface area (Å²) in [6, 6.07) is 4.31. The Morgan fingerprint density at radius 2 is 2.32 bits per heavy atom. The van der Waals surface area contributed by atoms with E-state index in [1.807, 2.05) is 6.92 Å². The van der Waals surface area contributed by atoms with E-state index in [9.17, 15) is 9.18 Å². The van der Waals surface area contributed by atoms with Crippen LogP contribution in [-0.2, 0) is 9.47 Å². The van der Waals surface area contributed by atoms with E-state index < -0.39 is 11.8 Å². The fraction of sp³-hybridized carbons (Fsp3) is 0.500. The minimum atomic E-state index is -0.674. The van der Waals surface area contributed by atoms with E-state index in [1.165, 1.54) is 19.2 Å². The Labute approximate surface area is 111 Å². The van der Waals surface area contributed by atoms with E-state index in [0.29, 0.717) is 18.3 Å². The molecule has 0 aliphatic carbocycles. The van der Waals surface area contributed by atoms with Gasteiger partial charge in [0.25, 0.3) is 0 Å². The van der Waals surface area contributed by atoms with Gasteiger partial charge in [0.1, 0.15) is 5.82 Å². The molecule has 5 heteroatoms. The molecule has 19 heavy (non-hydrogen) atoms. The standard InChI is InChI=1S/C14H18FNO3/c1-9-3-5-11(19-9)8-16-10-4-6-13(15)12(7-10)14(17)18-2/h4,6-7,9,11,16H,3,5,8H2,1-2H3. The Kier molecular flexibility index (Phi) is 4.37. The van der Waals surface area contributed by atoms with Crippen LogP contribution in [0.1, 0.15) is 30.1 Å². The fourth-order valence-electron chi connectivity index (χ4n) is 2.17. The van der Waals surface area contributed by atoms with Crippen molar-refractivity contribution in [3.8, 4) is 0 Å². The molecule has 1 aliphatic heterocycles. The highest BCUT2D eigenvalue weighted by Crippen LogP contribution is 2.20. The van der Waals surface area contributed by atoms with E-state index in [2.05, 4.69) is 10.1 Å². The summed E-state index contributed by atoms with van der Waals surface area (Å²) in [5.74, 6) is -1.25. The van der Waals surface area contributed by atoms with Gasteiger partial charge in [0.05, 0.1) is 24.9 Å². The zero-order valence-corrected chi connectivity index (χ0v) is 11.1. The van der Waals surface area contributed by atoms with Crippen molar-refractivity contribution >= 4 is 11.7 Å². The van der Waals surface area contributed by atoms with Gasteiger partial charge in [0.15, 0.2) is 0 Å². The number of anilines is 1. The summed E-state index contributed by atoms with van der Waals surface area (Å²) in [5, 5.41) is 3.15. The number of hydrogen-bond acceptors (Lipinski definition) is 4. The molecule has 0 aromatic heterocycles. The molecule has 2 atom stereocenters. The average Bonchev–Trinajstić information content (AvgIpc) is 2.83. The molecule has 1 aliphatic rings. The van der Waals surface area contributed by atoms with E-state index in [4.69, 9.17) is 4.74 Å². The second-order valence-corrected chi connectivity index (χ2v) is 4.71. The first-order valence-corrected chi connectivity index (χ1v) is 6.37. The second kappa shape index (κ2) is 6.02. The normalized spacial score (nSPS) is 22.3. The van der Waals surface area contributed by atoms with E-state index in [-0.39, 0.29) is 11.7 Å². The van der Waals surface area contributed by atoms with Crippen molar-refractivity contribution in [3.63, 3.8) is 0 Å². The molecule has 1 heterocycles. The summed E-state index contributed by atoms with van der Waals surface area (Å²) in [5.41, 5.74) is 0.623. The number of hydrogen-bond donors (Lipinski definition) is 1. The lowest BCUT2D eigenvalue weighted by molar-refractivity contribution is 0.0595. The highest BCUT2D eigenvalue weighted by molar-refractivity contribution is 5.90. The molecule has 4 nitrogen and oxygen atoms in total. The SMILES string of the molecule is COC(=O)c1cc(NCC2CCC(C)O2)ccc1F. The van der Waals surface area contributed by atoms with E-state index in [0.717, 1.165) is 12.8 Å². The van der Waals surface area contributed by atoms with Crippen LogP contribution in [0.25, 0.3) is 0 Å². The van der Waals surface area contributed by atoms with Crippen molar-refractivity contribution in [1.29, 1.82) is 0 Å². The van der Waals surface area contributed by atoms with Crippen LogP contribution in [0.5, 0.6) is 0 Å². The first kappa shape index (κ1) is 13.8. The van der Waals surface area contributed by atoms with Gasteiger partial charge in [-0.1, -0.05) is 0 Å². The lowest BCUT2D eigenvalue weighted by Gasteiger charge is -2.13. The third-order valence-electron chi connectivity index (χ3n) is 3.23. The fourth-order valence-corrected chi connectivity index (χ4v) is 2.17. The van der Waals surface area contributed by atoms with E-state index >= 15 is 0 Å². The highest BCUT2D eigenvalue weighted by atomic mass is 19.1.